The molecule has 0 atom stereocenters. The first kappa shape index (κ1) is 20.4. The highest BCUT2D eigenvalue weighted by atomic mass is 16.5. The van der Waals surface area contributed by atoms with Crippen molar-refractivity contribution in [1.82, 2.24) is 15.5 Å². The third kappa shape index (κ3) is 5.80. The fraction of sp³-hybridized carbons (Fsp3) is 0.650. The summed E-state index contributed by atoms with van der Waals surface area (Å²) >= 11 is 0. The first-order chi connectivity index (χ1) is 12.5. The van der Waals surface area contributed by atoms with Crippen LogP contribution in [0.4, 0.5) is 0 Å². The highest BCUT2D eigenvalue weighted by Crippen LogP contribution is 2.26. The molecule has 3 N–H and O–H groups in total. The van der Waals surface area contributed by atoms with Gasteiger partial charge in [0, 0.05) is 18.6 Å². The van der Waals surface area contributed by atoms with Crippen molar-refractivity contribution in [3.63, 3.8) is 0 Å². The summed E-state index contributed by atoms with van der Waals surface area (Å²) in [6, 6.07) is 5.38. The van der Waals surface area contributed by atoms with Gasteiger partial charge in [0.2, 0.25) is 0 Å². The van der Waals surface area contributed by atoms with Crippen molar-refractivity contribution in [2.75, 3.05) is 33.3 Å². The molecule has 1 saturated heterocycles. The van der Waals surface area contributed by atoms with Gasteiger partial charge < -0.3 is 20.5 Å². The van der Waals surface area contributed by atoms with Crippen LogP contribution in [-0.2, 0) is 6.54 Å². The molecule has 1 aliphatic heterocycles. The molecule has 1 heterocycles. The summed E-state index contributed by atoms with van der Waals surface area (Å²) in [5.41, 5.74) is 1.03. The van der Waals surface area contributed by atoms with Crippen molar-refractivity contribution < 1.29 is 9.84 Å². The van der Waals surface area contributed by atoms with Crippen molar-refractivity contribution in [3.8, 4) is 11.5 Å². The van der Waals surface area contributed by atoms with E-state index in [1.54, 1.807) is 19.2 Å². The number of aliphatic imine (C=N–C) groups is 1. The van der Waals surface area contributed by atoms with Crippen LogP contribution < -0.4 is 15.4 Å². The van der Waals surface area contributed by atoms with E-state index in [2.05, 4.69) is 41.3 Å². The van der Waals surface area contributed by atoms with Crippen LogP contribution >= 0.6 is 0 Å². The van der Waals surface area contributed by atoms with Crippen molar-refractivity contribution in [2.45, 2.75) is 52.1 Å². The van der Waals surface area contributed by atoms with Gasteiger partial charge in [-0.05, 0) is 64.4 Å². The smallest absolute Gasteiger partial charge is 0.191 e. The lowest BCUT2D eigenvalue weighted by atomic mass is 9.98. The normalized spacial score (nSPS) is 16.4. The number of ether oxygens (including phenoxy) is 1. The summed E-state index contributed by atoms with van der Waals surface area (Å²) in [7, 11) is 1.55. The largest absolute Gasteiger partial charge is 0.504 e. The maximum Gasteiger partial charge on any atom is 0.191 e. The molecule has 1 aliphatic rings. The minimum atomic E-state index is 0.0923. The minimum absolute atomic E-state index is 0.0923. The Kier molecular flexibility index (Phi) is 7.57. The van der Waals surface area contributed by atoms with Gasteiger partial charge in [0.1, 0.15) is 0 Å². The van der Waals surface area contributed by atoms with Crippen LogP contribution in [0.15, 0.2) is 23.2 Å². The zero-order chi connectivity index (χ0) is 19.0. The second kappa shape index (κ2) is 9.67. The van der Waals surface area contributed by atoms with Gasteiger partial charge in [-0.2, -0.15) is 0 Å². The number of hydrogen-bond acceptors (Lipinski definition) is 4. The second-order valence-electron chi connectivity index (χ2n) is 7.42. The Balaban J connectivity index is 1.96. The molecule has 1 aromatic carbocycles. The number of piperidine rings is 1. The van der Waals surface area contributed by atoms with E-state index < -0.39 is 0 Å². The van der Waals surface area contributed by atoms with Gasteiger partial charge in [-0.25, -0.2) is 4.99 Å². The van der Waals surface area contributed by atoms with Crippen molar-refractivity contribution in [1.29, 1.82) is 0 Å². The zero-order valence-corrected chi connectivity index (χ0v) is 16.6. The molecule has 0 amide bonds. The summed E-state index contributed by atoms with van der Waals surface area (Å²) in [5.74, 6) is 1.42. The van der Waals surface area contributed by atoms with Gasteiger partial charge in [0.25, 0.3) is 0 Å². The van der Waals surface area contributed by atoms with Crippen LogP contribution in [0.5, 0.6) is 11.5 Å². The summed E-state index contributed by atoms with van der Waals surface area (Å²) < 4.78 is 5.08. The highest BCUT2D eigenvalue weighted by Gasteiger charge is 2.27. The van der Waals surface area contributed by atoms with Gasteiger partial charge >= 0.3 is 0 Å². The number of benzene rings is 1. The predicted molar refractivity (Wildman–Crippen MR) is 107 cm³/mol. The molecule has 1 aromatic rings. The molecule has 6 heteroatoms. The third-order valence-corrected chi connectivity index (χ3v) is 4.91. The van der Waals surface area contributed by atoms with E-state index >= 15 is 0 Å². The number of methoxy groups -OCH3 is 1. The monoisotopic (exact) mass is 362 g/mol. The van der Waals surface area contributed by atoms with Crippen LogP contribution in [0.1, 0.15) is 45.6 Å². The summed E-state index contributed by atoms with van der Waals surface area (Å²) in [6.45, 7) is 11.1. The number of nitrogens with one attached hydrogen (secondary N) is 2. The average Bonchev–Trinajstić information content (AvgIpc) is 2.65. The Bertz CT molecular complexity index is 595. The Morgan fingerprint density at radius 1 is 1.23 bits per heavy atom. The highest BCUT2D eigenvalue weighted by molar-refractivity contribution is 5.79. The van der Waals surface area contributed by atoms with Crippen LogP contribution in [-0.4, -0.2) is 54.8 Å². The molecule has 146 valence electrons. The summed E-state index contributed by atoms with van der Waals surface area (Å²) in [5, 5.41) is 16.7. The van der Waals surface area contributed by atoms with Gasteiger partial charge in [-0.3, -0.25) is 4.90 Å². The van der Waals surface area contributed by atoms with Crippen molar-refractivity contribution in [2.24, 2.45) is 4.99 Å². The Hall–Kier alpha value is -1.95. The van der Waals surface area contributed by atoms with Crippen molar-refractivity contribution >= 4 is 5.96 Å². The number of aromatic hydroxyl groups is 1. The number of phenolic OH excluding ortho intramolecular Hbond substituents is 1. The molecule has 2 rings (SSSR count). The van der Waals surface area contributed by atoms with Gasteiger partial charge in [0.05, 0.1) is 13.7 Å². The fourth-order valence-corrected chi connectivity index (χ4v) is 3.26. The van der Waals surface area contributed by atoms with Crippen LogP contribution in [0.3, 0.4) is 0 Å². The van der Waals surface area contributed by atoms with E-state index in [-0.39, 0.29) is 11.3 Å². The van der Waals surface area contributed by atoms with E-state index in [1.165, 1.54) is 32.4 Å². The Labute approximate surface area is 157 Å². The quantitative estimate of drug-likeness (QED) is 0.514. The Morgan fingerprint density at radius 3 is 2.58 bits per heavy atom. The van der Waals surface area contributed by atoms with E-state index in [1.807, 2.05) is 6.07 Å². The average molecular weight is 363 g/mol. The molecule has 0 unspecified atom stereocenters. The molecule has 0 radical (unpaired) electrons. The topological polar surface area (TPSA) is 69.1 Å². The summed E-state index contributed by atoms with van der Waals surface area (Å²) in [6.07, 6.45) is 3.93. The number of phenols is 1. The number of guanidine groups is 1. The minimum Gasteiger partial charge on any atom is -0.504 e. The molecule has 6 nitrogen and oxygen atoms in total. The first-order valence-electron chi connectivity index (χ1n) is 9.59. The maximum atomic E-state index is 9.90. The van der Waals surface area contributed by atoms with E-state index in [4.69, 9.17) is 4.74 Å². The third-order valence-electron chi connectivity index (χ3n) is 4.91. The van der Waals surface area contributed by atoms with Gasteiger partial charge in [0.15, 0.2) is 17.5 Å². The van der Waals surface area contributed by atoms with E-state index in [9.17, 15) is 5.11 Å². The SMILES string of the molecule is CCNC(=NCc1ccc(OC)c(O)c1)NCC(C)(C)N1CCCCC1. The lowest BCUT2D eigenvalue weighted by Crippen LogP contribution is -2.54. The van der Waals surface area contributed by atoms with E-state index in [0.29, 0.717) is 12.3 Å². The molecule has 0 bridgehead atoms. The molecule has 1 fully saturated rings. The maximum absolute atomic E-state index is 9.90. The predicted octanol–water partition coefficient (Wildman–Crippen LogP) is 2.72. The molecule has 26 heavy (non-hydrogen) atoms. The van der Waals surface area contributed by atoms with Crippen LogP contribution in [0.25, 0.3) is 0 Å². The number of hydrogen-bond donors (Lipinski definition) is 3. The number of nitrogens with zero attached hydrogens (tertiary/aromatic N) is 2. The molecular weight excluding hydrogens is 328 g/mol. The summed E-state index contributed by atoms with van der Waals surface area (Å²) in [4.78, 5) is 7.22. The Morgan fingerprint density at radius 2 is 1.96 bits per heavy atom. The number of rotatable bonds is 7. The number of likely N-dealkylation sites (tertiary alicyclic amines) is 1. The molecule has 0 aliphatic carbocycles. The van der Waals surface area contributed by atoms with Gasteiger partial charge in [-0.15, -0.1) is 0 Å². The van der Waals surface area contributed by atoms with Crippen LogP contribution in [0, 0.1) is 0 Å². The zero-order valence-electron chi connectivity index (χ0n) is 16.6. The molecular formula is C20H34N4O2. The standard InChI is InChI=1S/C20H34N4O2/c1-5-21-19(22-14-16-9-10-18(26-4)17(25)13-16)23-15-20(2,3)24-11-7-6-8-12-24/h9-10,13,25H,5-8,11-12,14-15H2,1-4H3,(H2,21,22,23). The fourth-order valence-electron chi connectivity index (χ4n) is 3.26. The molecule has 0 spiro atoms. The molecule has 0 saturated carbocycles. The lowest BCUT2D eigenvalue weighted by molar-refractivity contribution is 0.0982. The molecule has 0 aromatic heterocycles. The van der Waals surface area contributed by atoms with E-state index in [0.717, 1.165) is 24.6 Å². The van der Waals surface area contributed by atoms with Gasteiger partial charge in [-0.1, -0.05) is 12.5 Å². The lowest BCUT2D eigenvalue weighted by Gasteiger charge is -2.41. The van der Waals surface area contributed by atoms with Crippen LogP contribution in [0.2, 0.25) is 0 Å². The second-order valence-corrected chi connectivity index (χ2v) is 7.42. The van der Waals surface area contributed by atoms with Crippen molar-refractivity contribution in [3.05, 3.63) is 23.8 Å². The first-order valence-corrected chi connectivity index (χ1v) is 9.59.